The predicted molar refractivity (Wildman–Crippen MR) is 56.7 cm³/mol. The fraction of sp³-hybridized carbons (Fsp3) is 0.364. The molecule has 0 saturated carbocycles. The number of halogens is 1. The third-order valence-corrected chi connectivity index (χ3v) is 2.43. The summed E-state index contributed by atoms with van der Waals surface area (Å²) in [6, 6.07) is 7.32. The van der Waals surface area contributed by atoms with Gasteiger partial charge in [-0.05, 0) is 17.7 Å². The third-order valence-electron chi connectivity index (χ3n) is 2.20. The van der Waals surface area contributed by atoms with Gasteiger partial charge in [-0.2, -0.15) is 0 Å². The van der Waals surface area contributed by atoms with Gasteiger partial charge < -0.3 is 5.11 Å². The van der Waals surface area contributed by atoms with Crippen molar-refractivity contribution in [3.63, 3.8) is 0 Å². The van der Waals surface area contributed by atoms with E-state index >= 15 is 0 Å². The number of hydrogen-bond donors (Lipinski definition) is 1. The Kier molecular flexibility index (Phi) is 3.17. The Bertz CT molecular complexity index is 345. The third kappa shape index (κ3) is 2.74. The van der Waals surface area contributed by atoms with Crippen LogP contribution in [0.5, 0.6) is 0 Å². The van der Waals surface area contributed by atoms with Crippen molar-refractivity contribution in [2.45, 2.75) is 25.7 Å². The van der Waals surface area contributed by atoms with Crippen molar-refractivity contribution in [2.75, 3.05) is 0 Å². The molecule has 0 fully saturated rings. The van der Waals surface area contributed by atoms with Crippen molar-refractivity contribution in [2.24, 2.45) is 0 Å². The van der Waals surface area contributed by atoms with E-state index in [1.165, 1.54) is 0 Å². The van der Waals surface area contributed by atoms with Gasteiger partial charge in [0.15, 0.2) is 0 Å². The van der Waals surface area contributed by atoms with Crippen LogP contribution in [0.2, 0.25) is 5.02 Å². The summed E-state index contributed by atoms with van der Waals surface area (Å²) in [7, 11) is 0. The molecule has 0 radical (unpaired) electrons. The van der Waals surface area contributed by atoms with E-state index in [9.17, 15) is 4.79 Å². The van der Waals surface area contributed by atoms with Gasteiger partial charge in [-0.3, -0.25) is 4.79 Å². The lowest BCUT2D eigenvalue weighted by Gasteiger charge is -2.23. The van der Waals surface area contributed by atoms with E-state index in [0.717, 1.165) is 5.56 Å². The quantitative estimate of drug-likeness (QED) is 0.836. The van der Waals surface area contributed by atoms with Crippen LogP contribution in [0, 0.1) is 0 Å². The normalized spacial score (nSPS) is 11.4. The molecule has 0 saturated heterocycles. The van der Waals surface area contributed by atoms with Gasteiger partial charge in [0.25, 0.3) is 0 Å². The minimum Gasteiger partial charge on any atom is -0.481 e. The van der Waals surface area contributed by atoms with Crippen LogP contribution in [0.3, 0.4) is 0 Å². The molecule has 1 N–H and O–H groups in total. The van der Waals surface area contributed by atoms with Crippen LogP contribution in [0.4, 0.5) is 0 Å². The van der Waals surface area contributed by atoms with E-state index in [0.29, 0.717) is 5.02 Å². The minimum absolute atomic E-state index is 0.105. The summed E-state index contributed by atoms with van der Waals surface area (Å²) < 4.78 is 0. The van der Waals surface area contributed by atoms with Crippen LogP contribution in [0.1, 0.15) is 25.8 Å². The van der Waals surface area contributed by atoms with Crippen molar-refractivity contribution >= 4 is 17.6 Å². The van der Waals surface area contributed by atoms with Crippen LogP contribution < -0.4 is 0 Å². The first kappa shape index (κ1) is 11.1. The lowest BCUT2D eigenvalue weighted by molar-refractivity contribution is -0.138. The number of carboxylic acid groups (broad SMARTS) is 1. The zero-order valence-electron chi connectivity index (χ0n) is 8.25. The van der Waals surface area contributed by atoms with Crippen LogP contribution in [0.15, 0.2) is 24.3 Å². The Labute approximate surface area is 88.5 Å². The minimum atomic E-state index is -0.796. The molecule has 0 aliphatic rings. The maximum atomic E-state index is 10.6. The van der Waals surface area contributed by atoms with E-state index in [1.807, 2.05) is 32.0 Å². The van der Waals surface area contributed by atoms with Gasteiger partial charge in [0, 0.05) is 10.4 Å². The molecule has 2 nitrogen and oxygen atoms in total. The van der Waals surface area contributed by atoms with Gasteiger partial charge in [0.2, 0.25) is 0 Å². The number of carboxylic acids is 1. The van der Waals surface area contributed by atoms with Crippen LogP contribution in [0.25, 0.3) is 0 Å². The second-order valence-electron chi connectivity index (χ2n) is 3.96. The number of aliphatic carboxylic acids is 1. The van der Waals surface area contributed by atoms with E-state index < -0.39 is 5.97 Å². The first-order chi connectivity index (χ1) is 6.42. The smallest absolute Gasteiger partial charge is 0.304 e. The Morgan fingerprint density at radius 1 is 1.50 bits per heavy atom. The number of hydrogen-bond acceptors (Lipinski definition) is 1. The van der Waals surface area contributed by atoms with E-state index in [-0.39, 0.29) is 11.8 Å². The fourth-order valence-electron chi connectivity index (χ4n) is 1.39. The molecule has 1 aromatic rings. The Balaban J connectivity index is 2.97. The summed E-state index contributed by atoms with van der Waals surface area (Å²) in [6.07, 6.45) is 0.105. The monoisotopic (exact) mass is 212 g/mol. The first-order valence-electron chi connectivity index (χ1n) is 4.40. The van der Waals surface area contributed by atoms with Crippen molar-refractivity contribution in [1.82, 2.24) is 0 Å². The zero-order valence-corrected chi connectivity index (χ0v) is 9.01. The fourth-order valence-corrected chi connectivity index (χ4v) is 1.58. The molecular weight excluding hydrogens is 200 g/mol. The largest absolute Gasteiger partial charge is 0.481 e. The highest BCUT2D eigenvalue weighted by Crippen LogP contribution is 2.28. The van der Waals surface area contributed by atoms with Crippen LogP contribution in [-0.4, -0.2) is 11.1 Å². The van der Waals surface area contributed by atoms with Crippen molar-refractivity contribution in [3.05, 3.63) is 34.9 Å². The summed E-state index contributed by atoms with van der Waals surface area (Å²) in [5.74, 6) is -0.796. The number of rotatable bonds is 3. The molecule has 1 rings (SSSR count). The molecule has 0 aliphatic carbocycles. The summed E-state index contributed by atoms with van der Waals surface area (Å²) in [5.41, 5.74) is 0.573. The van der Waals surface area contributed by atoms with Crippen molar-refractivity contribution in [3.8, 4) is 0 Å². The molecule has 0 aromatic heterocycles. The number of benzene rings is 1. The predicted octanol–water partition coefficient (Wildman–Crippen LogP) is 3.09. The van der Waals surface area contributed by atoms with Crippen LogP contribution in [-0.2, 0) is 10.2 Å². The molecule has 0 unspecified atom stereocenters. The average Bonchev–Trinajstić information content (AvgIpc) is 2.01. The Morgan fingerprint density at radius 2 is 2.14 bits per heavy atom. The lowest BCUT2D eigenvalue weighted by atomic mass is 9.82. The molecule has 76 valence electrons. The standard InChI is InChI=1S/C11H13ClO2/c1-11(2,7-10(13)14)8-4-3-5-9(12)6-8/h3-6H,7H2,1-2H3,(H,13,14). The summed E-state index contributed by atoms with van der Waals surface area (Å²) in [4.78, 5) is 10.6. The van der Waals surface area contributed by atoms with Gasteiger partial charge in [0.1, 0.15) is 0 Å². The van der Waals surface area contributed by atoms with E-state index in [2.05, 4.69) is 0 Å². The molecule has 14 heavy (non-hydrogen) atoms. The molecule has 0 heterocycles. The lowest BCUT2D eigenvalue weighted by Crippen LogP contribution is -2.21. The Hall–Kier alpha value is -1.02. The second kappa shape index (κ2) is 4.01. The molecule has 1 aromatic carbocycles. The molecule has 0 aliphatic heterocycles. The van der Waals surface area contributed by atoms with E-state index in [4.69, 9.17) is 16.7 Å². The average molecular weight is 213 g/mol. The SMILES string of the molecule is CC(C)(CC(=O)O)c1cccc(Cl)c1. The Morgan fingerprint density at radius 3 is 2.64 bits per heavy atom. The molecule has 0 spiro atoms. The molecular formula is C11H13ClO2. The van der Waals surface area contributed by atoms with Gasteiger partial charge >= 0.3 is 5.97 Å². The zero-order chi connectivity index (χ0) is 10.8. The highest BCUT2D eigenvalue weighted by atomic mass is 35.5. The highest BCUT2D eigenvalue weighted by Gasteiger charge is 2.23. The van der Waals surface area contributed by atoms with Gasteiger partial charge in [0.05, 0.1) is 6.42 Å². The first-order valence-corrected chi connectivity index (χ1v) is 4.77. The summed E-state index contributed by atoms with van der Waals surface area (Å²) >= 11 is 5.84. The molecule has 0 atom stereocenters. The topological polar surface area (TPSA) is 37.3 Å². The van der Waals surface area contributed by atoms with Crippen LogP contribution >= 0.6 is 11.6 Å². The second-order valence-corrected chi connectivity index (χ2v) is 4.40. The maximum absolute atomic E-state index is 10.6. The maximum Gasteiger partial charge on any atom is 0.304 e. The molecule has 0 bridgehead atoms. The van der Waals surface area contributed by atoms with Crippen molar-refractivity contribution < 1.29 is 9.90 Å². The van der Waals surface area contributed by atoms with Gasteiger partial charge in [-0.25, -0.2) is 0 Å². The number of carbonyl (C=O) groups is 1. The van der Waals surface area contributed by atoms with Gasteiger partial charge in [-0.15, -0.1) is 0 Å². The highest BCUT2D eigenvalue weighted by molar-refractivity contribution is 6.30. The summed E-state index contributed by atoms with van der Waals surface area (Å²) in [6.45, 7) is 3.79. The summed E-state index contributed by atoms with van der Waals surface area (Å²) in [5, 5.41) is 9.39. The molecule has 3 heteroatoms. The van der Waals surface area contributed by atoms with Crippen molar-refractivity contribution in [1.29, 1.82) is 0 Å². The molecule has 0 amide bonds. The van der Waals surface area contributed by atoms with Gasteiger partial charge in [-0.1, -0.05) is 37.6 Å². The van der Waals surface area contributed by atoms with E-state index in [1.54, 1.807) is 6.07 Å².